The van der Waals surface area contributed by atoms with Crippen LogP contribution in [0.4, 0.5) is 11.8 Å². The first-order chi connectivity index (χ1) is 13.5. The molecule has 2 aromatic rings. The molecule has 9 nitrogen and oxygen atoms in total. The molecule has 0 unspecified atom stereocenters. The minimum atomic E-state index is -0.284. The minimum Gasteiger partial charge on any atom is -0.493 e. The van der Waals surface area contributed by atoms with Gasteiger partial charge in [-0.25, -0.2) is 4.98 Å². The van der Waals surface area contributed by atoms with Crippen LogP contribution < -0.4 is 20.5 Å². The summed E-state index contributed by atoms with van der Waals surface area (Å²) in [5, 5.41) is 3.86. The van der Waals surface area contributed by atoms with Crippen LogP contribution in [0.2, 0.25) is 0 Å². The summed E-state index contributed by atoms with van der Waals surface area (Å²) in [5.41, 5.74) is 6.75. The Morgan fingerprint density at radius 3 is 2.75 bits per heavy atom. The Bertz CT molecular complexity index is 839. The second kappa shape index (κ2) is 8.92. The molecule has 1 atom stereocenters. The maximum Gasteiger partial charge on any atom is 0.251 e. The maximum atomic E-state index is 12.2. The molecule has 3 N–H and O–H groups in total. The first kappa shape index (κ1) is 19.9. The Hall–Kier alpha value is -2.81. The van der Waals surface area contributed by atoms with Crippen molar-refractivity contribution in [3.8, 4) is 11.5 Å². The summed E-state index contributed by atoms with van der Waals surface area (Å²) >= 11 is 0. The van der Waals surface area contributed by atoms with Gasteiger partial charge in [0.2, 0.25) is 5.95 Å². The number of benzene rings is 1. The number of carbonyl (C=O) groups is 1. The molecule has 2 heterocycles. The number of nitrogens with two attached hydrogens (primary N) is 1. The third-order valence-electron chi connectivity index (χ3n) is 4.77. The molecular formula is C19H27N5O4. The Balaban J connectivity index is 1.59. The van der Waals surface area contributed by atoms with E-state index in [0.717, 1.165) is 19.3 Å². The number of likely N-dealkylation sites (N-methyl/N-ethyl adjacent to an activating group) is 1. The van der Waals surface area contributed by atoms with Crippen molar-refractivity contribution in [2.24, 2.45) is 0 Å². The van der Waals surface area contributed by atoms with Crippen molar-refractivity contribution in [3.63, 3.8) is 0 Å². The van der Waals surface area contributed by atoms with Gasteiger partial charge in [-0.05, 0) is 25.3 Å². The average Bonchev–Trinajstić information content (AvgIpc) is 3.24. The highest BCUT2D eigenvalue weighted by Gasteiger charge is 2.26. The summed E-state index contributed by atoms with van der Waals surface area (Å²) in [6.07, 6.45) is 2.22. The first-order valence-corrected chi connectivity index (χ1v) is 9.33. The third-order valence-corrected chi connectivity index (χ3v) is 4.77. The van der Waals surface area contributed by atoms with E-state index in [1.165, 1.54) is 0 Å². The van der Waals surface area contributed by atoms with Gasteiger partial charge in [0.1, 0.15) is 11.9 Å². The zero-order valence-corrected chi connectivity index (χ0v) is 16.5. The van der Waals surface area contributed by atoms with Crippen molar-refractivity contribution in [2.45, 2.75) is 25.4 Å². The predicted molar refractivity (Wildman–Crippen MR) is 107 cm³/mol. The summed E-state index contributed by atoms with van der Waals surface area (Å²) < 4.78 is 16.1. The minimum absolute atomic E-state index is 0.0461. The zero-order valence-electron chi connectivity index (χ0n) is 16.5. The molecule has 1 fully saturated rings. The van der Waals surface area contributed by atoms with Crippen LogP contribution in [0.3, 0.4) is 0 Å². The topological polar surface area (TPSA) is 112 Å². The van der Waals surface area contributed by atoms with Gasteiger partial charge in [0, 0.05) is 38.2 Å². The van der Waals surface area contributed by atoms with Gasteiger partial charge in [-0.1, -0.05) is 0 Å². The van der Waals surface area contributed by atoms with Crippen LogP contribution in [0.25, 0.3) is 10.9 Å². The summed E-state index contributed by atoms with van der Waals surface area (Å²) in [7, 11) is 4.94. The molecule has 0 saturated carbocycles. The fraction of sp³-hybridized carbons (Fsp3) is 0.526. The largest absolute Gasteiger partial charge is 0.493 e. The molecule has 0 spiro atoms. The maximum absolute atomic E-state index is 12.2. The number of nitrogens with zero attached hydrogens (tertiary/aromatic N) is 3. The first-order valence-electron chi connectivity index (χ1n) is 9.33. The van der Waals surface area contributed by atoms with E-state index in [4.69, 9.17) is 19.9 Å². The van der Waals surface area contributed by atoms with Crippen molar-refractivity contribution in [1.29, 1.82) is 0 Å². The normalized spacial score (nSPS) is 16.2. The highest BCUT2D eigenvalue weighted by Crippen LogP contribution is 2.33. The van der Waals surface area contributed by atoms with E-state index in [-0.39, 0.29) is 12.0 Å². The van der Waals surface area contributed by atoms with Gasteiger partial charge in [-0.15, -0.1) is 0 Å². The summed E-state index contributed by atoms with van der Waals surface area (Å²) in [5.74, 6) is 1.99. The van der Waals surface area contributed by atoms with E-state index in [1.54, 1.807) is 38.3 Å². The summed E-state index contributed by atoms with van der Waals surface area (Å²) in [6, 6.07) is 3.53. The lowest BCUT2D eigenvalue weighted by molar-refractivity contribution is -0.139. The van der Waals surface area contributed by atoms with Crippen molar-refractivity contribution in [1.82, 2.24) is 14.9 Å². The smallest absolute Gasteiger partial charge is 0.251 e. The molecule has 1 amide bonds. The van der Waals surface area contributed by atoms with Crippen LogP contribution in [0, 0.1) is 0 Å². The number of nitrogen functional groups attached to an aromatic ring is 1. The van der Waals surface area contributed by atoms with Gasteiger partial charge in [-0.2, -0.15) is 4.98 Å². The Kier molecular flexibility index (Phi) is 6.35. The van der Waals surface area contributed by atoms with Crippen molar-refractivity contribution in [2.75, 3.05) is 52.0 Å². The summed E-state index contributed by atoms with van der Waals surface area (Å²) in [4.78, 5) is 22.7. The van der Waals surface area contributed by atoms with E-state index in [2.05, 4.69) is 15.3 Å². The standard InChI is InChI=1S/C19H27N5O4/c1-24(18(25)14-6-4-9-28-14)8-5-7-21-19-22-13-11-16(27-3)15(26-2)10-12(13)17(20)23-19/h10-11,14H,4-9H2,1-3H3,(H3,20,21,22,23)/t14-/m1/s1. The number of hydrogen-bond acceptors (Lipinski definition) is 8. The molecule has 0 bridgehead atoms. The lowest BCUT2D eigenvalue weighted by Gasteiger charge is -2.20. The van der Waals surface area contributed by atoms with E-state index < -0.39 is 0 Å². The second-order valence-electron chi connectivity index (χ2n) is 6.70. The van der Waals surface area contributed by atoms with Crippen molar-refractivity contribution >= 4 is 28.6 Å². The number of fused-ring (bicyclic) bond motifs is 1. The van der Waals surface area contributed by atoms with Gasteiger partial charge in [-0.3, -0.25) is 4.79 Å². The molecule has 0 radical (unpaired) electrons. The Morgan fingerprint density at radius 1 is 1.32 bits per heavy atom. The van der Waals surface area contributed by atoms with Crippen LogP contribution >= 0.6 is 0 Å². The molecular weight excluding hydrogens is 362 g/mol. The highest BCUT2D eigenvalue weighted by atomic mass is 16.5. The molecule has 152 valence electrons. The van der Waals surface area contributed by atoms with E-state index in [0.29, 0.717) is 53.9 Å². The second-order valence-corrected chi connectivity index (χ2v) is 6.70. The number of methoxy groups -OCH3 is 2. The van der Waals surface area contributed by atoms with Crippen LogP contribution in [-0.4, -0.2) is 67.8 Å². The fourth-order valence-electron chi connectivity index (χ4n) is 3.20. The lowest BCUT2D eigenvalue weighted by atomic mass is 10.2. The van der Waals surface area contributed by atoms with Gasteiger partial charge < -0.3 is 30.2 Å². The van der Waals surface area contributed by atoms with Crippen molar-refractivity contribution < 1.29 is 19.0 Å². The van der Waals surface area contributed by atoms with Crippen LogP contribution in [0.1, 0.15) is 19.3 Å². The van der Waals surface area contributed by atoms with Gasteiger partial charge in [0.05, 0.1) is 19.7 Å². The zero-order chi connectivity index (χ0) is 20.1. The number of aromatic nitrogens is 2. The van der Waals surface area contributed by atoms with E-state index in [9.17, 15) is 4.79 Å². The fourth-order valence-corrected chi connectivity index (χ4v) is 3.20. The van der Waals surface area contributed by atoms with E-state index >= 15 is 0 Å². The Labute approximate surface area is 164 Å². The van der Waals surface area contributed by atoms with Crippen LogP contribution in [0.15, 0.2) is 12.1 Å². The molecule has 1 saturated heterocycles. The number of anilines is 2. The van der Waals surface area contributed by atoms with Gasteiger partial charge >= 0.3 is 0 Å². The monoisotopic (exact) mass is 389 g/mol. The molecule has 1 aromatic carbocycles. The SMILES string of the molecule is COc1cc2nc(NCCCN(C)C(=O)[C@H]3CCCO3)nc(N)c2cc1OC. The number of carbonyl (C=O) groups excluding carboxylic acids is 1. The van der Waals surface area contributed by atoms with Crippen LogP contribution in [-0.2, 0) is 9.53 Å². The molecule has 0 aliphatic carbocycles. The lowest BCUT2D eigenvalue weighted by Crippen LogP contribution is -2.37. The molecule has 1 aromatic heterocycles. The Morgan fingerprint density at radius 2 is 2.07 bits per heavy atom. The number of ether oxygens (including phenoxy) is 3. The number of amides is 1. The summed E-state index contributed by atoms with van der Waals surface area (Å²) in [6.45, 7) is 1.91. The molecule has 28 heavy (non-hydrogen) atoms. The van der Waals surface area contributed by atoms with Crippen LogP contribution in [0.5, 0.6) is 11.5 Å². The number of hydrogen-bond donors (Lipinski definition) is 2. The quantitative estimate of drug-likeness (QED) is 0.656. The van der Waals surface area contributed by atoms with Gasteiger partial charge in [0.25, 0.3) is 5.91 Å². The molecule has 3 rings (SSSR count). The van der Waals surface area contributed by atoms with E-state index in [1.807, 2.05) is 0 Å². The number of nitrogens with one attached hydrogen (secondary N) is 1. The van der Waals surface area contributed by atoms with Crippen molar-refractivity contribution in [3.05, 3.63) is 12.1 Å². The number of rotatable bonds is 8. The molecule has 9 heteroatoms. The molecule has 1 aliphatic heterocycles. The van der Waals surface area contributed by atoms with Gasteiger partial charge in [0.15, 0.2) is 11.5 Å². The third kappa shape index (κ3) is 4.36. The highest BCUT2D eigenvalue weighted by molar-refractivity contribution is 5.91. The average molecular weight is 389 g/mol. The molecule has 1 aliphatic rings. The predicted octanol–water partition coefficient (Wildman–Crippen LogP) is 1.67.